The second-order valence-corrected chi connectivity index (χ2v) is 13.0. The van der Waals surface area contributed by atoms with E-state index in [0.29, 0.717) is 12.8 Å². The number of aliphatic hydroxyl groups is 1. The molecule has 0 aliphatic rings. The molecule has 0 aromatic rings. The van der Waals surface area contributed by atoms with Crippen molar-refractivity contribution in [2.45, 2.75) is 213 Å². The van der Waals surface area contributed by atoms with Crippen molar-refractivity contribution < 1.29 is 24.5 Å². The van der Waals surface area contributed by atoms with Gasteiger partial charge in [0, 0.05) is 6.42 Å². The molecule has 2 atom stereocenters. The van der Waals surface area contributed by atoms with Gasteiger partial charge in [0.15, 0.2) is 0 Å². The first-order valence-corrected chi connectivity index (χ1v) is 18.6. The summed E-state index contributed by atoms with van der Waals surface area (Å²) in [5.74, 6) is -1.71. The van der Waals surface area contributed by atoms with Crippen LogP contribution in [0.3, 0.4) is 0 Å². The number of aliphatic hydroxyl groups excluding tert-OH is 1. The zero-order valence-corrected chi connectivity index (χ0v) is 28.2. The Bertz CT molecular complexity index is 579. The summed E-state index contributed by atoms with van der Waals surface area (Å²) in [6.07, 6.45) is 34.5. The van der Waals surface area contributed by atoms with Crippen molar-refractivity contribution in [2.24, 2.45) is 5.92 Å². The Kier molecular flexibility index (Phi) is 31.9. The van der Waals surface area contributed by atoms with Gasteiger partial charge in [-0.15, -0.1) is 0 Å². The van der Waals surface area contributed by atoms with Gasteiger partial charge in [-0.3, -0.25) is 9.59 Å². The Morgan fingerprint density at radius 2 is 0.857 bits per heavy atom. The standard InChI is InChI=1S/C37H72O5/c1-3-5-7-9-11-13-15-17-19-21-23-25-27-29-31-36(39)42-33-35(38)32-34(37(40)41)30-28-26-24-22-20-18-16-14-12-10-8-6-4-2/h34-35,38H,3-33H2,1-2H3,(H,40,41). The van der Waals surface area contributed by atoms with E-state index >= 15 is 0 Å². The molecule has 0 fully saturated rings. The summed E-state index contributed by atoms with van der Waals surface area (Å²) in [5, 5.41) is 19.8. The first kappa shape index (κ1) is 40.9. The molecule has 0 saturated heterocycles. The van der Waals surface area contributed by atoms with Gasteiger partial charge in [-0.25, -0.2) is 0 Å². The van der Waals surface area contributed by atoms with Crippen molar-refractivity contribution in [1.82, 2.24) is 0 Å². The maximum absolute atomic E-state index is 12.0. The SMILES string of the molecule is CCCCCCCCCCCCCCCCC(=O)OCC(O)CC(CCCCCCCCCCCCCCC)C(=O)O. The number of carbonyl (C=O) groups excluding carboxylic acids is 1. The summed E-state index contributed by atoms with van der Waals surface area (Å²) in [5.41, 5.74) is 0. The molecule has 2 N–H and O–H groups in total. The van der Waals surface area contributed by atoms with Crippen LogP contribution in [0.2, 0.25) is 0 Å². The highest BCUT2D eigenvalue weighted by atomic mass is 16.5. The number of aliphatic carboxylic acids is 1. The lowest BCUT2D eigenvalue weighted by molar-refractivity contribution is -0.148. The van der Waals surface area contributed by atoms with Crippen LogP contribution in [-0.4, -0.2) is 34.9 Å². The zero-order valence-electron chi connectivity index (χ0n) is 28.2. The number of ether oxygens (including phenoxy) is 1. The minimum atomic E-state index is -0.909. The van der Waals surface area contributed by atoms with Crippen molar-refractivity contribution in [3.05, 3.63) is 0 Å². The molecular weight excluding hydrogens is 524 g/mol. The number of unbranched alkanes of at least 4 members (excludes halogenated alkanes) is 25. The minimum absolute atomic E-state index is 0.0974. The smallest absolute Gasteiger partial charge is 0.306 e. The largest absolute Gasteiger partial charge is 0.481 e. The normalized spacial score (nSPS) is 12.8. The van der Waals surface area contributed by atoms with E-state index in [2.05, 4.69) is 13.8 Å². The molecule has 0 rings (SSSR count). The summed E-state index contributed by atoms with van der Waals surface area (Å²) in [6, 6.07) is 0. The third kappa shape index (κ3) is 30.4. The van der Waals surface area contributed by atoms with Gasteiger partial charge in [0.05, 0.1) is 12.0 Å². The molecule has 0 saturated carbocycles. The van der Waals surface area contributed by atoms with Gasteiger partial charge < -0.3 is 14.9 Å². The Labute approximate surface area is 261 Å². The Balaban J connectivity index is 3.63. The van der Waals surface area contributed by atoms with Crippen LogP contribution < -0.4 is 0 Å². The molecule has 0 bridgehead atoms. The third-order valence-corrected chi connectivity index (χ3v) is 8.73. The molecule has 0 radical (unpaired) electrons. The van der Waals surface area contributed by atoms with E-state index < -0.39 is 18.0 Å². The number of hydrogen-bond donors (Lipinski definition) is 2. The average molecular weight is 597 g/mol. The molecule has 2 unspecified atom stereocenters. The average Bonchev–Trinajstić information content (AvgIpc) is 2.97. The van der Waals surface area contributed by atoms with E-state index in [9.17, 15) is 19.8 Å². The zero-order chi connectivity index (χ0) is 30.9. The molecule has 42 heavy (non-hydrogen) atoms. The van der Waals surface area contributed by atoms with Gasteiger partial charge in [-0.05, 0) is 19.3 Å². The predicted octanol–water partition coefficient (Wildman–Crippen LogP) is 11.3. The van der Waals surface area contributed by atoms with Gasteiger partial charge in [0.25, 0.3) is 0 Å². The first-order chi connectivity index (χ1) is 20.5. The quantitative estimate of drug-likeness (QED) is 0.0570. The van der Waals surface area contributed by atoms with Crippen LogP contribution in [0.1, 0.15) is 206 Å². The summed E-state index contributed by atoms with van der Waals surface area (Å²) >= 11 is 0. The van der Waals surface area contributed by atoms with Crippen LogP contribution in [0.4, 0.5) is 0 Å². The van der Waals surface area contributed by atoms with E-state index in [-0.39, 0.29) is 19.0 Å². The van der Waals surface area contributed by atoms with Gasteiger partial charge in [0.1, 0.15) is 6.61 Å². The molecule has 0 amide bonds. The molecule has 0 aliphatic heterocycles. The topological polar surface area (TPSA) is 83.8 Å². The van der Waals surface area contributed by atoms with E-state index in [1.165, 1.54) is 135 Å². The van der Waals surface area contributed by atoms with Gasteiger partial charge in [-0.2, -0.15) is 0 Å². The van der Waals surface area contributed by atoms with Crippen LogP contribution in [0.15, 0.2) is 0 Å². The molecule has 5 nitrogen and oxygen atoms in total. The number of hydrogen-bond acceptors (Lipinski definition) is 4. The van der Waals surface area contributed by atoms with Crippen LogP contribution in [-0.2, 0) is 14.3 Å². The summed E-state index contributed by atoms with van der Waals surface area (Å²) < 4.78 is 5.24. The number of esters is 1. The maximum atomic E-state index is 12.0. The molecule has 0 aromatic heterocycles. The molecule has 5 heteroatoms. The van der Waals surface area contributed by atoms with E-state index in [1.807, 2.05) is 0 Å². The van der Waals surface area contributed by atoms with E-state index in [4.69, 9.17) is 4.74 Å². The molecule has 0 spiro atoms. The van der Waals surface area contributed by atoms with Crippen LogP contribution in [0, 0.1) is 5.92 Å². The third-order valence-electron chi connectivity index (χ3n) is 8.73. The van der Waals surface area contributed by atoms with Crippen molar-refractivity contribution >= 4 is 11.9 Å². The number of rotatable bonds is 34. The maximum Gasteiger partial charge on any atom is 0.306 e. The summed E-state index contributed by atoms with van der Waals surface area (Å²) in [7, 11) is 0. The summed E-state index contributed by atoms with van der Waals surface area (Å²) in [6.45, 7) is 4.42. The lowest BCUT2D eigenvalue weighted by Gasteiger charge is -2.17. The lowest BCUT2D eigenvalue weighted by Crippen LogP contribution is -2.25. The van der Waals surface area contributed by atoms with E-state index in [1.54, 1.807) is 0 Å². The molecule has 0 aromatic carbocycles. The Hall–Kier alpha value is -1.10. The molecule has 250 valence electrons. The Morgan fingerprint density at radius 3 is 1.21 bits per heavy atom. The fraction of sp³-hybridized carbons (Fsp3) is 0.946. The van der Waals surface area contributed by atoms with Crippen LogP contribution >= 0.6 is 0 Å². The number of carboxylic acid groups (broad SMARTS) is 1. The second kappa shape index (κ2) is 32.8. The molecule has 0 aliphatic carbocycles. The fourth-order valence-corrected chi connectivity index (χ4v) is 5.87. The van der Waals surface area contributed by atoms with Crippen molar-refractivity contribution in [3.63, 3.8) is 0 Å². The van der Waals surface area contributed by atoms with Crippen LogP contribution in [0.25, 0.3) is 0 Å². The van der Waals surface area contributed by atoms with Gasteiger partial charge in [0.2, 0.25) is 0 Å². The first-order valence-electron chi connectivity index (χ1n) is 18.6. The van der Waals surface area contributed by atoms with Gasteiger partial charge >= 0.3 is 11.9 Å². The highest BCUT2D eigenvalue weighted by Crippen LogP contribution is 2.19. The number of carbonyl (C=O) groups is 2. The van der Waals surface area contributed by atoms with Crippen molar-refractivity contribution in [1.29, 1.82) is 0 Å². The van der Waals surface area contributed by atoms with Crippen molar-refractivity contribution in [3.8, 4) is 0 Å². The van der Waals surface area contributed by atoms with Crippen molar-refractivity contribution in [2.75, 3.05) is 6.61 Å². The molecular formula is C37H72O5. The van der Waals surface area contributed by atoms with E-state index in [0.717, 1.165) is 38.5 Å². The highest BCUT2D eigenvalue weighted by Gasteiger charge is 2.22. The van der Waals surface area contributed by atoms with Gasteiger partial charge in [-0.1, -0.05) is 181 Å². The summed E-state index contributed by atoms with van der Waals surface area (Å²) in [4.78, 5) is 23.7. The molecule has 0 heterocycles. The monoisotopic (exact) mass is 597 g/mol. The minimum Gasteiger partial charge on any atom is -0.481 e. The lowest BCUT2D eigenvalue weighted by atomic mass is 9.94. The predicted molar refractivity (Wildman–Crippen MR) is 178 cm³/mol. The number of carboxylic acids is 1. The van der Waals surface area contributed by atoms with Crippen LogP contribution in [0.5, 0.6) is 0 Å². The fourth-order valence-electron chi connectivity index (χ4n) is 5.87. The Morgan fingerprint density at radius 1 is 0.524 bits per heavy atom. The second-order valence-electron chi connectivity index (χ2n) is 13.0. The highest BCUT2D eigenvalue weighted by molar-refractivity contribution is 5.70.